The number of rotatable bonds is 5. The van der Waals surface area contributed by atoms with Gasteiger partial charge in [0.25, 0.3) is 0 Å². The van der Waals surface area contributed by atoms with Crippen LogP contribution in [0.4, 0.5) is 11.9 Å². The van der Waals surface area contributed by atoms with E-state index in [0.717, 1.165) is 5.56 Å². The molecule has 1 heterocycles. The Hall–Kier alpha value is -2.37. The molecule has 0 saturated heterocycles. The Morgan fingerprint density at radius 3 is 2.55 bits per heavy atom. The van der Waals surface area contributed by atoms with Gasteiger partial charge in [-0.2, -0.15) is 15.0 Å². The number of nitrogens with two attached hydrogens (primary N) is 1. The molecule has 2 rings (SSSR count). The molecular formula is C14H19N5O. The summed E-state index contributed by atoms with van der Waals surface area (Å²) in [4.78, 5) is 12.1. The minimum absolute atomic E-state index is 0.0619. The van der Waals surface area contributed by atoms with Gasteiger partial charge in [0, 0.05) is 0 Å². The van der Waals surface area contributed by atoms with Crippen LogP contribution < -0.4 is 15.8 Å². The van der Waals surface area contributed by atoms with E-state index in [9.17, 15) is 0 Å². The van der Waals surface area contributed by atoms with Crippen LogP contribution in [0.2, 0.25) is 0 Å². The number of nitrogens with one attached hydrogen (secondary N) is 1. The van der Waals surface area contributed by atoms with Crippen molar-refractivity contribution in [3.63, 3.8) is 0 Å². The highest BCUT2D eigenvalue weighted by atomic mass is 16.5. The van der Waals surface area contributed by atoms with Crippen molar-refractivity contribution in [2.45, 2.75) is 26.8 Å². The minimum Gasteiger partial charge on any atom is -0.464 e. The summed E-state index contributed by atoms with van der Waals surface area (Å²) in [6.07, 6.45) is 0. The molecule has 6 nitrogen and oxygen atoms in total. The third-order valence-electron chi connectivity index (χ3n) is 2.83. The second-order valence-corrected chi connectivity index (χ2v) is 4.51. The average Bonchev–Trinajstić information content (AvgIpc) is 2.39. The lowest BCUT2D eigenvalue weighted by atomic mass is 10.1. The van der Waals surface area contributed by atoms with Crippen LogP contribution >= 0.6 is 0 Å². The third-order valence-corrected chi connectivity index (χ3v) is 2.83. The van der Waals surface area contributed by atoms with E-state index in [0.29, 0.717) is 12.6 Å². The minimum atomic E-state index is 0.0619. The summed E-state index contributed by atoms with van der Waals surface area (Å²) in [7, 11) is 0. The van der Waals surface area contributed by atoms with Crippen molar-refractivity contribution in [3.8, 4) is 6.01 Å². The highest BCUT2D eigenvalue weighted by molar-refractivity contribution is 5.36. The van der Waals surface area contributed by atoms with E-state index < -0.39 is 0 Å². The molecule has 0 aliphatic carbocycles. The molecule has 1 atom stereocenters. The molecule has 3 N–H and O–H groups in total. The molecule has 20 heavy (non-hydrogen) atoms. The summed E-state index contributed by atoms with van der Waals surface area (Å²) in [5.74, 6) is 0.552. The van der Waals surface area contributed by atoms with E-state index >= 15 is 0 Å². The molecule has 0 aliphatic rings. The van der Waals surface area contributed by atoms with Gasteiger partial charge in [-0.05, 0) is 26.3 Å². The highest BCUT2D eigenvalue weighted by Gasteiger charge is 2.10. The van der Waals surface area contributed by atoms with Gasteiger partial charge in [-0.15, -0.1) is 0 Å². The van der Waals surface area contributed by atoms with Crippen molar-refractivity contribution >= 4 is 11.9 Å². The van der Waals surface area contributed by atoms with Crippen LogP contribution in [0.3, 0.4) is 0 Å². The number of hydrogen-bond donors (Lipinski definition) is 2. The van der Waals surface area contributed by atoms with E-state index in [1.807, 2.05) is 13.8 Å². The number of nitrogens with zero attached hydrogens (tertiary/aromatic N) is 3. The SMILES string of the molecule is CCOc1nc(N)nc(NC(C)c2ccc(C)cc2)n1. The topological polar surface area (TPSA) is 86.0 Å². The summed E-state index contributed by atoms with van der Waals surface area (Å²) in [5.41, 5.74) is 8.01. The average molecular weight is 273 g/mol. The summed E-state index contributed by atoms with van der Waals surface area (Å²) < 4.78 is 5.25. The predicted octanol–water partition coefficient (Wildman–Crippen LogP) is 2.33. The first-order chi connectivity index (χ1) is 9.58. The molecule has 1 aromatic heterocycles. The number of anilines is 2. The smallest absolute Gasteiger partial charge is 0.323 e. The van der Waals surface area contributed by atoms with E-state index in [4.69, 9.17) is 10.5 Å². The zero-order valence-corrected chi connectivity index (χ0v) is 11.9. The number of aryl methyl sites for hydroxylation is 1. The van der Waals surface area contributed by atoms with Crippen molar-refractivity contribution in [1.29, 1.82) is 0 Å². The van der Waals surface area contributed by atoms with Gasteiger partial charge < -0.3 is 15.8 Å². The quantitative estimate of drug-likeness (QED) is 0.869. The third kappa shape index (κ3) is 3.57. The maximum absolute atomic E-state index is 5.64. The summed E-state index contributed by atoms with van der Waals surface area (Å²) in [5, 5.41) is 3.20. The molecular weight excluding hydrogens is 254 g/mol. The Kier molecular flexibility index (Phi) is 4.34. The molecule has 0 radical (unpaired) electrons. The molecule has 0 fully saturated rings. The molecule has 2 aromatic rings. The molecule has 0 amide bonds. The van der Waals surface area contributed by atoms with Gasteiger partial charge in [0.2, 0.25) is 11.9 Å². The van der Waals surface area contributed by atoms with Crippen LogP contribution in [0.5, 0.6) is 6.01 Å². The number of nitrogen functional groups attached to an aromatic ring is 1. The Morgan fingerprint density at radius 2 is 1.90 bits per heavy atom. The molecule has 0 spiro atoms. The second kappa shape index (κ2) is 6.18. The molecule has 6 heteroatoms. The van der Waals surface area contributed by atoms with Gasteiger partial charge in [-0.25, -0.2) is 0 Å². The Bertz CT molecular complexity index is 570. The van der Waals surface area contributed by atoms with E-state index in [-0.39, 0.29) is 18.0 Å². The largest absolute Gasteiger partial charge is 0.464 e. The predicted molar refractivity (Wildman–Crippen MR) is 78.6 cm³/mol. The van der Waals surface area contributed by atoms with Crippen molar-refractivity contribution in [1.82, 2.24) is 15.0 Å². The maximum atomic E-state index is 5.64. The van der Waals surface area contributed by atoms with Gasteiger partial charge in [-0.3, -0.25) is 0 Å². The van der Waals surface area contributed by atoms with Gasteiger partial charge in [-0.1, -0.05) is 29.8 Å². The normalized spacial score (nSPS) is 11.9. The number of benzene rings is 1. The van der Waals surface area contributed by atoms with Crippen LogP contribution in [0, 0.1) is 6.92 Å². The van der Waals surface area contributed by atoms with Crippen LogP contribution in [-0.2, 0) is 0 Å². The van der Waals surface area contributed by atoms with Crippen LogP contribution in [0.15, 0.2) is 24.3 Å². The van der Waals surface area contributed by atoms with E-state index in [2.05, 4.69) is 51.5 Å². The summed E-state index contributed by atoms with van der Waals surface area (Å²) in [6, 6.07) is 8.58. The Labute approximate surface area is 118 Å². The maximum Gasteiger partial charge on any atom is 0.323 e. The summed E-state index contributed by atoms with van der Waals surface area (Å²) >= 11 is 0. The fourth-order valence-corrected chi connectivity index (χ4v) is 1.76. The zero-order chi connectivity index (χ0) is 14.5. The van der Waals surface area contributed by atoms with Crippen molar-refractivity contribution in [2.75, 3.05) is 17.7 Å². The van der Waals surface area contributed by atoms with Gasteiger partial charge in [0.15, 0.2) is 0 Å². The molecule has 0 aliphatic heterocycles. The lowest BCUT2D eigenvalue weighted by Gasteiger charge is -2.15. The van der Waals surface area contributed by atoms with Crippen molar-refractivity contribution in [2.24, 2.45) is 0 Å². The van der Waals surface area contributed by atoms with Crippen LogP contribution in [0.25, 0.3) is 0 Å². The van der Waals surface area contributed by atoms with Gasteiger partial charge in [0.1, 0.15) is 0 Å². The standard InChI is InChI=1S/C14H19N5O/c1-4-20-14-18-12(15)17-13(19-14)16-10(3)11-7-5-9(2)6-8-11/h5-8,10H,4H2,1-3H3,(H3,15,16,17,18,19). The van der Waals surface area contributed by atoms with Gasteiger partial charge >= 0.3 is 6.01 Å². The zero-order valence-electron chi connectivity index (χ0n) is 11.9. The number of aromatic nitrogens is 3. The number of hydrogen-bond acceptors (Lipinski definition) is 6. The first-order valence-corrected chi connectivity index (χ1v) is 6.56. The first kappa shape index (κ1) is 14.0. The molecule has 0 saturated carbocycles. The fraction of sp³-hybridized carbons (Fsp3) is 0.357. The van der Waals surface area contributed by atoms with Gasteiger partial charge in [0.05, 0.1) is 12.6 Å². The van der Waals surface area contributed by atoms with E-state index in [1.165, 1.54) is 5.56 Å². The lowest BCUT2D eigenvalue weighted by molar-refractivity contribution is 0.312. The van der Waals surface area contributed by atoms with Crippen molar-refractivity contribution < 1.29 is 4.74 Å². The molecule has 1 unspecified atom stereocenters. The Balaban J connectivity index is 2.14. The Morgan fingerprint density at radius 1 is 1.20 bits per heavy atom. The monoisotopic (exact) mass is 273 g/mol. The first-order valence-electron chi connectivity index (χ1n) is 6.56. The van der Waals surface area contributed by atoms with Crippen molar-refractivity contribution in [3.05, 3.63) is 35.4 Å². The summed E-state index contributed by atoms with van der Waals surface area (Å²) in [6.45, 7) is 6.44. The lowest BCUT2D eigenvalue weighted by Crippen LogP contribution is -2.12. The second-order valence-electron chi connectivity index (χ2n) is 4.51. The molecule has 106 valence electrons. The van der Waals surface area contributed by atoms with Crippen LogP contribution in [0.1, 0.15) is 31.0 Å². The molecule has 0 bridgehead atoms. The molecule has 1 aromatic carbocycles. The van der Waals surface area contributed by atoms with Crippen LogP contribution in [-0.4, -0.2) is 21.6 Å². The fourth-order valence-electron chi connectivity index (χ4n) is 1.76. The number of ether oxygens (including phenoxy) is 1. The van der Waals surface area contributed by atoms with E-state index in [1.54, 1.807) is 0 Å². The highest BCUT2D eigenvalue weighted by Crippen LogP contribution is 2.18.